The van der Waals surface area contributed by atoms with Crippen molar-refractivity contribution in [3.05, 3.63) is 57.6 Å². The number of primary amides is 1. The number of ether oxygens (including phenoxy) is 2. The molecule has 1 aliphatic heterocycles. The Balaban J connectivity index is 1.67. The Kier molecular flexibility index (Phi) is 7.22. The zero-order valence-corrected chi connectivity index (χ0v) is 18.3. The van der Waals surface area contributed by atoms with E-state index in [4.69, 9.17) is 50.6 Å². The Bertz CT molecular complexity index is 915. The van der Waals surface area contributed by atoms with E-state index >= 15 is 0 Å². The van der Waals surface area contributed by atoms with Gasteiger partial charge in [-0.3, -0.25) is 4.79 Å². The number of carbonyl (C=O) groups excluding carboxylic acids is 1. The van der Waals surface area contributed by atoms with Crippen molar-refractivity contribution >= 4 is 46.3 Å². The summed E-state index contributed by atoms with van der Waals surface area (Å²) >= 11 is 17.7. The quantitative estimate of drug-likeness (QED) is 0.655. The van der Waals surface area contributed by atoms with Crippen LogP contribution in [-0.4, -0.2) is 36.0 Å². The number of nitrogens with zero attached hydrogens (tertiary/aromatic N) is 1. The number of benzene rings is 2. The summed E-state index contributed by atoms with van der Waals surface area (Å²) in [5.74, 6) is 0.899. The molecule has 1 heterocycles. The van der Waals surface area contributed by atoms with Crippen molar-refractivity contribution < 1.29 is 14.3 Å². The van der Waals surface area contributed by atoms with E-state index in [0.29, 0.717) is 41.2 Å². The molecule has 154 valence electrons. The summed E-state index contributed by atoms with van der Waals surface area (Å²) in [6.45, 7) is 1.76. The van der Waals surface area contributed by atoms with Crippen molar-refractivity contribution in [3.8, 4) is 11.5 Å². The van der Waals surface area contributed by atoms with E-state index in [-0.39, 0.29) is 11.8 Å². The molecule has 0 bridgehead atoms. The number of methoxy groups -OCH3 is 1. The van der Waals surface area contributed by atoms with E-state index in [2.05, 4.69) is 4.90 Å². The number of amides is 1. The minimum absolute atomic E-state index is 0.0688. The lowest BCUT2D eigenvalue weighted by atomic mass is 9.96. The predicted molar refractivity (Wildman–Crippen MR) is 119 cm³/mol. The number of rotatable bonds is 6. The van der Waals surface area contributed by atoms with Crippen molar-refractivity contribution in [2.45, 2.75) is 19.4 Å². The van der Waals surface area contributed by atoms with Gasteiger partial charge in [-0.05, 0) is 48.7 Å². The first-order chi connectivity index (χ1) is 13.9. The molecule has 2 aromatic rings. The summed E-state index contributed by atoms with van der Waals surface area (Å²) in [6.07, 6.45) is 1.44. The highest BCUT2D eigenvalue weighted by atomic mass is 35.5. The fraction of sp³-hybridized carbons (Fsp3) is 0.333. The lowest BCUT2D eigenvalue weighted by Gasteiger charge is -2.32. The fourth-order valence-corrected chi connectivity index (χ4v) is 3.89. The first-order valence-corrected chi connectivity index (χ1v) is 10.4. The van der Waals surface area contributed by atoms with E-state index < -0.39 is 0 Å². The minimum Gasteiger partial charge on any atom is -0.493 e. The van der Waals surface area contributed by atoms with Gasteiger partial charge >= 0.3 is 0 Å². The third-order valence-electron chi connectivity index (χ3n) is 4.97. The third-order valence-corrected chi connectivity index (χ3v) is 6.21. The fourth-order valence-electron chi connectivity index (χ4n) is 3.26. The van der Waals surface area contributed by atoms with Crippen LogP contribution >= 0.6 is 35.4 Å². The number of likely N-dealkylation sites (tertiary alicyclic amines) is 1. The highest BCUT2D eigenvalue weighted by Gasteiger charge is 2.25. The number of hydrogen-bond donors (Lipinski definition) is 1. The van der Waals surface area contributed by atoms with Gasteiger partial charge in [0.2, 0.25) is 5.91 Å². The molecule has 1 fully saturated rings. The van der Waals surface area contributed by atoms with Crippen molar-refractivity contribution in [2.24, 2.45) is 11.7 Å². The summed E-state index contributed by atoms with van der Waals surface area (Å²) in [7, 11) is 1.59. The molecular formula is C21H22Cl2N2O3S. The van der Waals surface area contributed by atoms with Gasteiger partial charge in [0, 0.05) is 24.6 Å². The van der Waals surface area contributed by atoms with Gasteiger partial charge in [0.25, 0.3) is 0 Å². The molecule has 0 atom stereocenters. The molecule has 3 rings (SSSR count). The number of nitrogens with two attached hydrogens (primary N) is 1. The minimum atomic E-state index is -0.235. The van der Waals surface area contributed by atoms with Crippen LogP contribution in [0.5, 0.6) is 11.5 Å². The van der Waals surface area contributed by atoms with Gasteiger partial charge in [0.05, 0.1) is 17.2 Å². The van der Waals surface area contributed by atoms with Crippen molar-refractivity contribution in [1.29, 1.82) is 0 Å². The van der Waals surface area contributed by atoms with Crippen LogP contribution in [0.1, 0.15) is 24.0 Å². The van der Waals surface area contributed by atoms with E-state index in [1.807, 2.05) is 24.3 Å². The first-order valence-electron chi connectivity index (χ1n) is 9.22. The molecule has 2 N–H and O–H groups in total. The van der Waals surface area contributed by atoms with Gasteiger partial charge in [-0.2, -0.15) is 0 Å². The molecule has 0 aromatic heterocycles. The summed E-state index contributed by atoms with van der Waals surface area (Å²) in [4.78, 5) is 14.2. The molecule has 1 amide bonds. The highest BCUT2D eigenvalue weighted by molar-refractivity contribution is 7.80. The second-order valence-corrected chi connectivity index (χ2v) is 8.07. The van der Waals surface area contributed by atoms with Crippen LogP contribution in [0.4, 0.5) is 0 Å². The second-order valence-electron chi connectivity index (χ2n) is 6.87. The summed E-state index contributed by atoms with van der Waals surface area (Å²) in [5, 5.41) is 0.992. The van der Waals surface area contributed by atoms with Crippen LogP contribution in [-0.2, 0) is 11.4 Å². The standard InChI is InChI=1S/C21H22Cl2N2O3S/c1-27-19-11-15(21(29)25-8-6-14(7-9-25)20(24)26)3-5-18(19)28-12-13-2-4-16(22)17(23)10-13/h2-5,10-11,14H,6-9,12H2,1H3,(H2,24,26). The molecule has 0 spiro atoms. The van der Waals surface area contributed by atoms with E-state index in [9.17, 15) is 4.79 Å². The Hall–Kier alpha value is -2.02. The molecule has 8 heteroatoms. The van der Waals surface area contributed by atoms with Gasteiger partial charge in [0.1, 0.15) is 11.6 Å². The van der Waals surface area contributed by atoms with E-state index in [1.54, 1.807) is 19.2 Å². The van der Waals surface area contributed by atoms with Gasteiger partial charge in [-0.1, -0.05) is 41.5 Å². The molecule has 0 saturated carbocycles. The SMILES string of the molecule is COc1cc(C(=S)N2CCC(C(N)=O)CC2)ccc1OCc1ccc(Cl)c(Cl)c1. The number of piperidine rings is 1. The van der Waals surface area contributed by atoms with Crippen LogP contribution in [0.2, 0.25) is 10.0 Å². The Morgan fingerprint density at radius 3 is 2.48 bits per heavy atom. The summed E-state index contributed by atoms with van der Waals surface area (Å²) in [5.41, 5.74) is 7.18. The van der Waals surface area contributed by atoms with E-state index in [1.165, 1.54) is 0 Å². The molecule has 0 unspecified atom stereocenters. The molecule has 0 radical (unpaired) electrons. The number of thiocarbonyl (C=S) groups is 1. The zero-order valence-electron chi connectivity index (χ0n) is 16.0. The monoisotopic (exact) mass is 452 g/mol. The molecule has 5 nitrogen and oxygen atoms in total. The van der Waals surface area contributed by atoms with E-state index in [0.717, 1.165) is 29.0 Å². The molecule has 0 aliphatic carbocycles. The summed E-state index contributed by atoms with van der Waals surface area (Å²) in [6, 6.07) is 11.0. The van der Waals surface area contributed by atoms with Crippen molar-refractivity contribution in [2.75, 3.05) is 20.2 Å². The largest absolute Gasteiger partial charge is 0.493 e. The smallest absolute Gasteiger partial charge is 0.220 e. The zero-order chi connectivity index (χ0) is 21.0. The maximum absolute atomic E-state index is 11.3. The van der Waals surface area contributed by atoms with Crippen molar-refractivity contribution in [3.63, 3.8) is 0 Å². The Morgan fingerprint density at radius 2 is 1.86 bits per heavy atom. The van der Waals surface area contributed by atoms with Crippen LogP contribution in [0, 0.1) is 5.92 Å². The third kappa shape index (κ3) is 5.32. The van der Waals surface area contributed by atoms with Crippen LogP contribution in [0.15, 0.2) is 36.4 Å². The second kappa shape index (κ2) is 9.65. The van der Waals surface area contributed by atoms with Crippen molar-refractivity contribution in [1.82, 2.24) is 4.90 Å². The van der Waals surface area contributed by atoms with Crippen LogP contribution in [0.3, 0.4) is 0 Å². The number of carbonyl (C=O) groups is 1. The Labute approximate surface area is 185 Å². The number of hydrogen-bond acceptors (Lipinski definition) is 4. The van der Waals surface area contributed by atoms with Gasteiger partial charge in [-0.15, -0.1) is 0 Å². The van der Waals surface area contributed by atoms with Crippen LogP contribution < -0.4 is 15.2 Å². The average molecular weight is 453 g/mol. The van der Waals surface area contributed by atoms with Gasteiger partial charge < -0.3 is 20.1 Å². The lowest BCUT2D eigenvalue weighted by molar-refractivity contribution is -0.122. The first kappa shape index (κ1) is 21.7. The normalized spacial score (nSPS) is 14.5. The Morgan fingerprint density at radius 1 is 1.14 bits per heavy atom. The molecule has 29 heavy (non-hydrogen) atoms. The molecular weight excluding hydrogens is 431 g/mol. The maximum atomic E-state index is 11.3. The molecule has 2 aromatic carbocycles. The summed E-state index contributed by atoms with van der Waals surface area (Å²) < 4.78 is 11.4. The van der Waals surface area contributed by atoms with Crippen LogP contribution in [0.25, 0.3) is 0 Å². The lowest BCUT2D eigenvalue weighted by Crippen LogP contribution is -2.41. The predicted octanol–water partition coefficient (Wildman–Crippen LogP) is 4.45. The van der Waals surface area contributed by atoms with Gasteiger partial charge in [0.15, 0.2) is 11.5 Å². The van der Waals surface area contributed by atoms with Gasteiger partial charge in [-0.25, -0.2) is 0 Å². The molecule has 1 saturated heterocycles. The topological polar surface area (TPSA) is 64.8 Å². The molecule has 1 aliphatic rings. The average Bonchev–Trinajstić information content (AvgIpc) is 2.74. The number of halogens is 2. The maximum Gasteiger partial charge on any atom is 0.220 e. The highest BCUT2D eigenvalue weighted by Crippen LogP contribution is 2.31.